The summed E-state index contributed by atoms with van der Waals surface area (Å²) in [6, 6.07) is 4.62. The molecule has 1 aromatic carbocycles. The summed E-state index contributed by atoms with van der Waals surface area (Å²) >= 11 is 6.12. The van der Waals surface area contributed by atoms with Crippen LogP contribution in [-0.2, 0) is 6.54 Å². The second kappa shape index (κ2) is 4.80. The fourth-order valence-electron chi connectivity index (χ4n) is 3.36. The summed E-state index contributed by atoms with van der Waals surface area (Å²) in [6.45, 7) is 5.38. The van der Waals surface area contributed by atoms with Gasteiger partial charge in [-0.25, -0.2) is 4.39 Å². The fourth-order valence-corrected chi connectivity index (χ4v) is 3.54. The smallest absolute Gasteiger partial charge is 0.123 e. The Labute approximate surface area is 112 Å². The standard InChI is InChI=1S/C14H18ClFN2/c1-17-5-11-8-18(9-12(11)6-17)7-10-4-13(16)2-3-14(10)15/h2-4,11-12H,5-9H2,1H3/t11-,12+. The van der Waals surface area contributed by atoms with Crippen LogP contribution in [-0.4, -0.2) is 43.0 Å². The van der Waals surface area contributed by atoms with E-state index in [0.717, 1.165) is 37.0 Å². The van der Waals surface area contributed by atoms with Gasteiger partial charge in [0.1, 0.15) is 5.82 Å². The monoisotopic (exact) mass is 268 g/mol. The lowest BCUT2D eigenvalue weighted by Crippen LogP contribution is -2.26. The van der Waals surface area contributed by atoms with E-state index in [0.29, 0.717) is 5.02 Å². The molecule has 0 bridgehead atoms. The second-order valence-corrected chi connectivity index (χ2v) is 6.08. The van der Waals surface area contributed by atoms with Crippen molar-refractivity contribution in [2.75, 3.05) is 33.2 Å². The maximum Gasteiger partial charge on any atom is 0.123 e. The molecule has 2 saturated heterocycles. The third-order valence-electron chi connectivity index (χ3n) is 4.15. The number of hydrogen-bond acceptors (Lipinski definition) is 2. The molecular weight excluding hydrogens is 251 g/mol. The van der Waals surface area contributed by atoms with Crippen LogP contribution in [0.3, 0.4) is 0 Å². The highest BCUT2D eigenvalue weighted by molar-refractivity contribution is 6.31. The molecule has 2 heterocycles. The maximum atomic E-state index is 13.2. The van der Waals surface area contributed by atoms with Crippen LogP contribution in [0.1, 0.15) is 5.56 Å². The predicted octanol–water partition coefficient (Wildman–Crippen LogP) is 2.47. The van der Waals surface area contributed by atoms with Gasteiger partial charge in [0.05, 0.1) is 0 Å². The summed E-state index contributed by atoms with van der Waals surface area (Å²) in [5.41, 5.74) is 0.907. The van der Waals surface area contributed by atoms with Crippen molar-refractivity contribution in [3.63, 3.8) is 0 Å². The van der Waals surface area contributed by atoms with Gasteiger partial charge in [-0.15, -0.1) is 0 Å². The van der Waals surface area contributed by atoms with Crippen LogP contribution in [0.15, 0.2) is 18.2 Å². The highest BCUT2D eigenvalue weighted by atomic mass is 35.5. The Bertz CT molecular complexity index is 437. The molecule has 0 radical (unpaired) electrons. The number of fused-ring (bicyclic) bond motifs is 1. The van der Waals surface area contributed by atoms with Gasteiger partial charge in [0.25, 0.3) is 0 Å². The zero-order chi connectivity index (χ0) is 12.7. The first-order chi connectivity index (χ1) is 8.61. The number of benzene rings is 1. The zero-order valence-corrected chi connectivity index (χ0v) is 11.3. The van der Waals surface area contributed by atoms with Gasteiger partial charge < -0.3 is 4.90 Å². The van der Waals surface area contributed by atoms with Crippen LogP contribution in [0.25, 0.3) is 0 Å². The first kappa shape index (κ1) is 12.4. The Morgan fingerprint density at radius 3 is 2.56 bits per heavy atom. The molecule has 0 unspecified atom stereocenters. The van der Waals surface area contributed by atoms with Gasteiger partial charge >= 0.3 is 0 Å². The third-order valence-corrected chi connectivity index (χ3v) is 4.51. The van der Waals surface area contributed by atoms with Crippen LogP contribution in [0.2, 0.25) is 5.02 Å². The lowest BCUT2D eigenvalue weighted by Gasteiger charge is -2.19. The van der Waals surface area contributed by atoms with Crippen LogP contribution in [0.5, 0.6) is 0 Å². The molecule has 2 aliphatic rings. The van der Waals surface area contributed by atoms with Gasteiger partial charge in [0, 0.05) is 37.7 Å². The highest BCUT2D eigenvalue weighted by Crippen LogP contribution is 2.31. The van der Waals surface area contributed by atoms with E-state index in [1.807, 2.05) is 0 Å². The van der Waals surface area contributed by atoms with Gasteiger partial charge in [0.15, 0.2) is 0 Å². The summed E-state index contributed by atoms with van der Waals surface area (Å²) in [6.07, 6.45) is 0. The fraction of sp³-hybridized carbons (Fsp3) is 0.571. The molecule has 4 heteroatoms. The van der Waals surface area contributed by atoms with Gasteiger partial charge in [-0.3, -0.25) is 4.90 Å². The van der Waals surface area contributed by atoms with Crippen LogP contribution >= 0.6 is 11.6 Å². The van der Waals surface area contributed by atoms with E-state index < -0.39 is 0 Å². The molecule has 18 heavy (non-hydrogen) atoms. The quantitative estimate of drug-likeness (QED) is 0.813. The summed E-state index contributed by atoms with van der Waals surface area (Å²) in [5.74, 6) is 1.36. The van der Waals surface area contributed by atoms with Crippen molar-refractivity contribution in [1.82, 2.24) is 9.80 Å². The normalized spacial score (nSPS) is 28.8. The van der Waals surface area contributed by atoms with Gasteiger partial charge in [-0.05, 0) is 42.6 Å². The molecule has 2 aliphatic heterocycles. The Morgan fingerprint density at radius 2 is 1.89 bits per heavy atom. The topological polar surface area (TPSA) is 6.48 Å². The lowest BCUT2D eigenvalue weighted by atomic mass is 10.0. The Kier molecular flexibility index (Phi) is 3.31. The molecule has 1 aromatic rings. The molecule has 2 fully saturated rings. The molecule has 3 rings (SSSR count). The van der Waals surface area contributed by atoms with Crippen molar-refractivity contribution in [3.8, 4) is 0 Å². The molecule has 2 nitrogen and oxygen atoms in total. The predicted molar refractivity (Wildman–Crippen MR) is 71.2 cm³/mol. The molecule has 0 aromatic heterocycles. The third kappa shape index (κ3) is 2.40. The molecule has 98 valence electrons. The first-order valence-electron chi connectivity index (χ1n) is 6.46. The van der Waals surface area contributed by atoms with Gasteiger partial charge in [-0.2, -0.15) is 0 Å². The Balaban J connectivity index is 1.66. The summed E-state index contributed by atoms with van der Waals surface area (Å²) in [5, 5.41) is 0.672. The molecule has 2 atom stereocenters. The summed E-state index contributed by atoms with van der Waals surface area (Å²) in [4.78, 5) is 4.81. The van der Waals surface area contributed by atoms with Crippen LogP contribution < -0.4 is 0 Å². The number of halogens is 2. The Hall–Kier alpha value is -0.640. The number of hydrogen-bond donors (Lipinski definition) is 0. The van der Waals surface area contributed by atoms with Crippen LogP contribution in [0, 0.1) is 17.7 Å². The minimum Gasteiger partial charge on any atom is -0.306 e. The minimum atomic E-state index is -0.200. The van der Waals surface area contributed by atoms with Crippen molar-refractivity contribution < 1.29 is 4.39 Å². The van der Waals surface area contributed by atoms with E-state index in [1.54, 1.807) is 12.1 Å². The SMILES string of the molecule is CN1C[C@@H]2CN(Cc3cc(F)ccc3Cl)C[C@@H]2C1. The number of nitrogens with zero attached hydrogens (tertiary/aromatic N) is 2. The molecule has 0 N–H and O–H groups in total. The largest absolute Gasteiger partial charge is 0.306 e. The van der Waals surface area contributed by atoms with Crippen molar-refractivity contribution in [1.29, 1.82) is 0 Å². The van der Waals surface area contributed by atoms with Crippen molar-refractivity contribution >= 4 is 11.6 Å². The Morgan fingerprint density at radius 1 is 1.22 bits per heavy atom. The van der Waals surface area contributed by atoms with Gasteiger partial charge in [0.2, 0.25) is 0 Å². The van der Waals surface area contributed by atoms with E-state index in [-0.39, 0.29) is 5.82 Å². The van der Waals surface area contributed by atoms with E-state index in [9.17, 15) is 4.39 Å². The molecule has 0 spiro atoms. The molecule has 0 amide bonds. The average Bonchev–Trinajstić information content (AvgIpc) is 2.80. The van der Waals surface area contributed by atoms with Gasteiger partial charge in [-0.1, -0.05) is 11.6 Å². The van der Waals surface area contributed by atoms with E-state index in [1.165, 1.54) is 19.2 Å². The zero-order valence-electron chi connectivity index (χ0n) is 10.6. The van der Waals surface area contributed by atoms with E-state index >= 15 is 0 Å². The maximum absolute atomic E-state index is 13.2. The number of likely N-dealkylation sites (tertiary alicyclic amines) is 2. The summed E-state index contributed by atoms with van der Waals surface area (Å²) < 4.78 is 13.2. The highest BCUT2D eigenvalue weighted by Gasteiger charge is 2.38. The van der Waals surface area contributed by atoms with E-state index in [4.69, 9.17) is 11.6 Å². The minimum absolute atomic E-state index is 0.200. The number of rotatable bonds is 2. The van der Waals surface area contributed by atoms with Crippen molar-refractivity contribution in [2.24, 2.45) is 11.8 Å². The second-order valence-electron chi connectivity index (χ2n) is 5.67. The van der Waals surface area contributed by atoms with Crippen molar-refractivity contribution in [3.05, 3.63) is 34.6 Å². The molecule has 0 aliphatic carbocycles. The first-order valence-corrected chi connectivity index (χ1v) is 6.84. The molecule has 0 saturated carbocycles. The van der Waals surface area contributed by atoms with E-state index in [2.05, 4.69) is 16.8 Å². The molecular formula is C14H18ClFN2. The average molecular weight is 269 g/mol. The summed E-state index contributed by atoms with van der Waals surface area (Å²) in [7, 11) is 2.19. The lowest BCUT2D eigenvalue weighted by molar-refractivity contribution is 0.272. The van der Waals surface area contributed by atoms with Crippen molar-refractivity contribution in [2.45, 2.75) is 6.54 Å². The van der Waals surface area contributed by atoms with Crippen LogP contribution in [0.4, 0.5) is 4.39 Å².